The molecule has 0 bridgehead atoms. The number of rotatable bonds is 6. The van der Waals surface area contributed by atoms with E-state index in [0.29, 0.717) is 4.90 Å². The van der Waals surface area contributed by atoms with E-state index in [0.717, 1.165) is 23.9 Å². The van der Waals surface area contributed by atoms with Gasteiger partial charge in [-0.2, -0.15) is 0 Å². The van der Waals surface area contributed by atoms with Crippen LogP contribution in [0.1, 0.15) is 0 Å². The number of amides is 1. The predicted octanol–water partition coefficient (Wildman–Crippen LogP) is 3.61. The molecule has 0 unspecified atom stereocenters. The van der Waals surface area contributed by atoms with Gasteiger partial charge in [0.05, 0.1) is 23.9 Å². The molecule has 0 atom stereocenters. The Morgan fingerprint density at radius 2 is 2.00 bits per heavy atom. The van der Waals surface area contributed by atoms with Crippen molar-refractivity contribution in [3.63, 3.8) is 0 Å². The number of nitrogens with zero attached hydrogens (tertiary/aromatic N) is 1. The summed E-state index contributed by atoms with van der Waals surface area (Å²) in [6.45, 7) is 0. The van der Waals surface area contributed by atoms with Gasteiger partial charge in [-0.3, -0.25) is 14.9 Å². The Kier molecular flexibility index (Phi) is 5.69. The van der Waals surface area contributed by atoms with Crippen LogP contribution in [0.5, 0.6) is 5.75 Å². The van der Waals surface area contributed by atoms with Crippen LogP contribution in [-0.2, 0) is 4.79 Å². The highest BCUT2D eigenvalue weighted by molar-refractivity contribution is 8.00. The van der Waals surface area contributed by atoms with Crippen LogP contribution in [-0.4, -0.2) is 23.7 Å². The normalized spacial score (nSPS) is 10.3. The number of hydrogen-bond acceptors (Lipinski definition) is 5. The molecular weight excluding hydrogens is 342 g/mol. The highest BCUT2D eigenvalue weighted by atomic mass is 32.2. The lowest BCUT2D eigenvalue weighted by molar-refractivity contribution is -0.384. The second-order valence-electron chi connectivity index (χ2n) is 4.55. The molecule has 0 saturated heterocycles. The molecule has 0 spiro atoms. The zero-order chi connectivity index (χ0) is 17.7. The molecule has 0 fully saturated rings. The number of halogens is 2. The predicted molar refractivity (Wildman–Crippen MR) is 85.4 cm³/mol. The number of carbonyl (C=O) groups excluding carboxylic acids is 1. The molecule has 9 heteroatoms. The third-order valence-electron chi connectivity index (χ3n) is 2.94. The maximum absolute atomic E-state index is 13.1. The maximum atomic E-state index is 13.1. The molecule has 0 radical (unpaired) electrons. The fourth-order valence-electron chi connectivity index (χ4n) is 1.80. The number of nitro groups is 1. The van der Waals surface area contributed by atoms with Crippen LogP contribution in [0, 0.1) is 21.7 Å². The fraction of sp³-hybridized carbons (Fsp3) is 0.133. The fourth-order valence-corrected chi connectivity index (χ4v) is 2.52. The van der Waals surface area contributed by atoms with Gasteiger partial charge in [-0.15, -0.1) is 11.8 Å². The first-order chi connectivity index (χ1) is 11.4. The van der Waals surface area contributed by atoms with Gasteiger partial charge in [0.1, 0.15) is 11.4 Å². The Labute approximate surface area is 140 Å². The number of hydrogen-bond donors (Lipinski definition) is 1. The molecule has 2 aromatic carbocycles. The lowest BCUT2D eigenvalue weighted by Gasteiger charge is -2.07. The zero-order valence-corrected chi connectivity index (χ0v) is 13.2. The van der Waals surface area contributed by atoms with Gasteiger partial charge in [-0.1, -0.05) is 0 Å². The average molecular weight is 354 g/mol. The number of ether oxygens (including phenoxy) is 1. The van der Waals surface area contributed by atoms with E-state index in [4.69, 9.17) is 4.74 Å². The highest BCUT2D eigenvalue weighted by Crippen LogP contribution is 2.29. The minimum Gasteiger partial charge on any atom is -0.496 e. The van der Waals surface area contributed by atoms with Crippen LogP contribution in [0.4, 0.5) is 20.2 Å². The third kappa shape index (κ3) is 4.42. The second kappa shape index (κ2) is 7.73. The lowest BCUT2D eigenvalue weighted by atomic mass is 10.2. The van der Waals surface area contributed by atoms with Crippen molar-refractivity contribution in [1.29, 1.82) is 0 Å². The number of anilines is 1. The van der Waals surface area contributed by atoms with Crippen molar-refractivity contribution in [2.45, 2.75) is 4.90 Å². The van der Waals surface area contributed by atoms with E-state index in [1.807, 2.05) is 0 Å². The Balaban J connectivity index is 2.04. The van der Waals surface area contributed by atoms with Crippen molar-refractivity contribution in [1.82, 2.24) is 0 Å². The number of methoxy groups -OCH3 is 1. The number of nitrogens with one attached hydrogen (secondary N) is 1. The van der Waals surface area contributed by atoms with E-state index in [1.54, 1.807) is 0 Å². The summed E-state index contributed by atoms with van der Waals surface area (Å²) in [6, 6.07) is 7.31. The van der Waals surface area contributed by atoms with E-state index >= 15 is 0 Å². The van der Waals surface area contributed by atoms with Crippen molar-refractivity contribution in [3.8, 4) is 5.75 Å². The van der Waals surface area contributed by atoms with Gasteiger partial charge >= 0.3 is 0 Å². The number of benzene rings is 2. The molecule has 6 nitrogen and oxygen atoms in total. The van der Waals surface area contributed by atoms with E-state index in [9.17, 15) is 23.7 Å². The molecule has 0 saturated carbocycles. The molecule has 126 valence electrons. The molecule has 0 aliphatic rings. The van der Waals surface area contributed by atoms with Gasteiger partial charge in [-0.05, 0) is 30.3 Å². The van der Waals surface area contributed by atoms with Crippen LogP contribution in [0.25, 0.3) is 0 Å². The molecule has 0 aliphatic heterocycles. The Morgan fingerprint density at radius 3 is 2.62 bits per heavy atom. The third-order valence-corrected chi connectivity index (χ3v) is 3.93. The Hall–Kier alpha value is -2.68. The lowest BCUT2D eigenvalue weighted by Crippen LogP contribution is -2.15. The molecule has 24 heavy (non-hydrogen) atoms. The van der Waals surface area contributed by atoms with Gasteiger partial charge in [0.2, 0.25) is 5.91 Å². The van der Waals surface area contributed by atoms with Gasteiger partial charge in [0.25, 0.3) is 5.69 Å². The number of thioether (sulfide) groups is 1. The summed E-state index contributed by atoms with van der Waals surface area (Å²) in [5, 5.41) is 13.5. The van der Waals surface area contributed by atoms with Crippen molar-refractivity contribution < 1.29 is 23.2 Å². The second-order valence-corrected chi connectivity index (χ2v) is 5.60. The topological polar surface area (TPSA) is 81.5 Å². The SMILES string of the molecule is COc1ccc(NC(=O)CSc2ccc(F)c(F)c2)c([N+](=O)[O-])c1. The first kappa shape index (κ1) is 17.7. The molecule has 2 aromatic rings. The number of carbonyl (C=O) groups is 1. The minimum atomic E-state index is -1.01. The van der Waals surface area contributed by atoms with Crippen molar-refractivity contribution in [2.75, 3.05) is 18.2 Å². The standard InChI is InChI=1S/C15H12F2N2O4S/c1-23-9-2-5-13(14(6-9)19(21)22)18-15(20)8-24-10-3-4-11(16)12(17)7-10/h2-7H,8H2,1H3,(H,18,20). The van der Waals surface area contributed by atoms with Crippen LogP contribution in [0.2, 0.25) is 0 Å². The Bertz CT molecular complexity index is 786. The molecule has 0 heterocycles. The minimum absolute atomic E-state index is 0.0247. The summed E-state index contributed by atoms with van der Waals surface area (Å²) in [4.78, 5) is 22.7. The monoisotopic (exact) mass is 354 g/mol. The quantitative estimate of drug-likeness (QED) is 0.487. The maximum Gasteiger partial charge on any atom is 0.296 e. The van der Waals surface area contributed by atoms with E-state index in [-0.39, 0.29) is 22.9 Å². The van der Waals surface area contributed by atoms with Crippen molar-refractivity contribution >= 4 is 29.0 Å². The first-order valence-corrected chi connectivity index (χ1v) is 7.59. The molecular formula is C15H12F2N2O4S. The van der Waals surface area contributed by atoms with Crippen molar-refractivity contribution in [3.05, 3.63) is 58.1 Å². The molecule has 0 aliphatic carbocycles. The van der Waals surface area contributed by atoms with Gasteiger partial charge < -0.3 is 10.1 Å². The van der Waals surface area contributed by atoms with E-state index in [1.165, 1.54) is 31.4 Å². The highest BCUT2D eigenvalue weighted by Gasteiger charge is 2.17. The Morgan fingerprint density at radius 1 is 1.25 bits per heavy atom. The van der Waals surface area contributed by atoms with E-state index < -0.39 is 22.5 Å². The summed E-state index contributed by atoms with van der Waals surface area (Å²) in [5.74, 6) is -2.33. The molecule has 1 N–H and O–H groups in total. The smallest absolute Gasteiger partial charge is 0.296 e. The van der Waals surface area contributed by atoms with Crippen LogP contribution < -0.4 is 10.1 Å². The summed E-state index contributed by atoms with van der Waals surface area (Å²) >= 11 is 0.979. The van der Waals surface area contributed by atoms with Gasteiger partial charge in [0, 0.05) is 4.90 Å². The van der Waals surface area contributed by atoms with Crippen LogP contribution >= 0.6 is 11.8 Å². The van der Waals surface area contributed by atoms with Crippen LogP contribution in [0.3, 0.4) is 0 Å². The largest absolute Gasteiger partial charge is 0.496 e. The first-order valence-electron chi connectivity index (χ1n) is 6.61. The summed E-state index contributed by atoms with van der Waals surface area (Å²) in [7, 11) is 1.37. The average Bonchev–Trinajstić information content (AvgIpc) is 2.56. The molecule has 2 rings (SSSR count). The molecule has 1 amide bonds. The summed E-state index contributed by atoms with van der Waals surface area (Å²) in [6.07, 6.45) is 0. The summed E-state index contributed by atoms with van der Waals surface area (Å²) in [5.41, 5.74) is -0.280. The number of nitro benzene ring substituents is 1. The summed E-state index contributed by atoms with van der Waals surface area (Å²) < 4.78 is 30.8. The zero-order valence-electron chi connectivity index (χ0n) is 12.4. The van der Waals surface area contributed by atoms with Crippen LogP contribution in [0.15, 0.2) is 41.3 Å². The van der Waals surface area contributed by atoms with E-state index in [2.05, 4.69) is 5.32 Å². The van der Waals surface area contributed by atoms with Gasteiger partial charge in [-0.25, -0.2) is 8.78 Å². The van der Waals surface area contributed by atoms with Gasteiger partial charge in [0.15, 0.2) is 11.6 Å². The van der Waals surface area contributed by atoms with Crippen molar-refractivity contribution in [2.24, 2.45) is 0 Å². The molecule has 0 aromatic heterocycles.